The van der Waals surface area contributed by atoms with E-state index >= 15 is 0 Å². The van der Waals surface area contributed by atoms with Crippen LogP contribution in [0.25, 0.3) is 0 Å². The summed E-state index contributed by atoms with van der Waals surface area (Å²) in [7, 11) is 0. The van der Waals surface area contributed by atoms with Crippen molar-refractivity contribution in [3.8, 4) is 0 Å². The lowest BCUT2D eigenvalue weighted by molar-refractivity contribution is -0.144. The first-order valence-electron chi connectivity index (χ1n) is 6.41. The van der Waals surface area contributed by atoms with Gasteiger partial charge in [0.25, 0.3) is 0 Å². The van der Waals surface area contributed by atoms with Gasteiger partial charge in [0.05, 0.1) is 6.61 Å². The van der Waals surface area contributed by atoms with Crippen molar-refractivity contribution in [2.45, 2.75) is 38.5 Å². The number of hydrogen-bond donors (Lipinski definition) is 3. The average molecular weight is 282 g/mol. The predicted octanol–water partition coefficient (Wildman–Crippen LogP) is 2.63. The second-order valence-corrected chi connectivity index (χ2v) is 5.49. The van der Waals surface area contributed by atoms with Crippen LogP contribution < -0.4 is 11.1 Å². The molecule has 0 fully saturated rings. The van der Waals surface area contributed by atoms with Gasteiger partial charge in [0, 0.05) is 16.6 Å². The predicted molar refractivity (Wildman–Crippen MR) is 82.7 cm³/mol. The number of nitrogens with one attached hydrogen (secondary N) is 1. The van der Waals surface area contributed by atoms with Gasteiger partial charge in [0.2, 0.25) is 0 Å². The number of aryl methyl sites for hydroxylation is 1. The standard InChI is InChI=1S/C14H22N2O2S/c1-4-18-14(17)13(8-10(3)19)16-11-5-6-12(15)9(2)7-11/h5-7,10,13,16,19H,4,8,15H2,1-3H3. The first kappa shape index (κ1) is 15.7. The van der Waals surface area contributed by atoms with Gasteiger partial charge in [0.1, 0.15) is 6.04 Å². The normalized spacial score (nSPS) is 13.7. The molecular formula is C14H22N2O2S. The highest BCUT2D eigenvalue weighted by atomic mass is 32.1. The number of nitrogens with two attached hydrogens (primary N) is 1. The zero-order chi connectivity index (χ0) is 14.4. The molecule has 1 aromatic carbocycles. The molecule has 3 N–H and O–H groups in total. The van der Waals surface area contributed by atoms with E-state index in [0.717, 1.165) is 16.9 Å². The van der Waals surface area contributed by atoms with Crippen molar-refractivity contribution in [3.63, 3.8) is 0 Å². The van der Waals surface area contributed by atoms with Crippen LogP contribution in [0.15, 0.2) is 18.2 Å². The summed E-state index contributed by atoms with van der Waals surface area (Å²) in [6.45, 7) is 6.05. The second-order valence-electron chi connectivity index (χ2n) is 4.61. The number of benzene rings is 1. The van der Waals surface area contributed by atoms with Gasteiger partial charge >= 0.3 is 5.97 Å². The van der Waals surface area contributed by atoms with Crippen LogP contribution in [0.1, 0.15) is 25.8 Å². The molecule has 0 bridgehead atoms. The highest BCUT2D eigenvalue weighted by molar-refractivity contribution is 7.80. The molecule has 0 aliphatic rings. The lowest BCUT2D eigenvalue weighted by atomic mass is 10.1. The Bertz CT molecular complexity index is 435. The number of esters is 1. The molecule has 19 heavy (non-hydrogen) atoms. The summed E-state index contributed by atoms with van der Waals surface area (Å²) >= 11 is 4.34. The monoisotopic (exact) mass is 282 g/mol. The van der Waals surface area contributed by atoms with Crippen molar-refractivity contribution < 1.29 is 9.53 Å². The summed E-state index contributed by atoms with van der Waals surface area (Å²) in [5, 5.41) is 3.29. The Hall–Kier alpha value is -1.36. The third kappa shape index (κ3) is 5.03. The molecule has 2 atom stereocenters. The van der Waals surface area contributed by atoms with Crippen LogP contribution in [0.2, 0.25) is 0 Å². The molecule has 106 valence electrons. The van der Waals surface area contributed by atoms with E-state index in [1.54, 1.807) is 6.92 Å². The molecular weight excluding hydrogens is 260 g/mol. The van der Waals surface area contributed by atoms with E-state index in [9.17, 15) is 4.79 Å². The number of anilines is 2. The maximum Gasteiger partial charge on any atom is 0.328 e. The molecule has 0 saturated carbocycles. The van der Waals surface area contributed by atoms with Gasteiger partial charge in [-0.15, -0.1) is 0 Å². The maximum absolute atomic E-state index is 11.9. The molecule has 0 aliphatic carbocycles. The number of ether oxygens (including phenoxy) is 1. The smallest absolute Gasteiger partial charge is 0.328 e. The molecule has 2 unspecified atom stereocenters. The number of carbonyl (C=O) groups excluding carboxylic acids is 1. The van der Waals surface area contributed by atoms with Crippen LogP contribution in [0.4, 0.5) is 11.4 Å². The molecule has 5 heteroatoms. The molecule has 1 aromatic rings. The minimum atomic E-state index is -0.393. The maximum atomic E-state index is 11.9. The SMILES string of the molecule is CCOC(=O)C(CC(C)S)Nc1ccc(N)c(C)c1. The summed E-state index contributed by atoms with van der Waals surface area (Å²) in [5.41, 5.74) is 8.35. The van der Waals surface area contributed by atoms with Gasteiger partial charge in [-0.25, -0.2) is 4.79 Å². The Morgan fingerprint density at radius 1 is 1.53 bits per heavy atom. The third-order valence-electron chi connectivity index (χ3n) is 2.76. The first-order chi connectivity index (χ1) is 8.93. The van der Waals surface area contributed by atoms with E-state index in [1.165, 1.54) is 0 Å². The quantitative estimate of drug-likeness (QED) is 0.426. The molecule has 0 radical (unpaired) electrons. The third-order valence-corrected chi connectivity index (χ3v) is 2.97. The fourth-order valence-electron chi connectivity index (χ4n) is 1.76. The van der Waals surface area contributed by atoms with Gasteiger partial charge in [-0.2, -0.15) is 12.6 Å². The molecule has 1 rings (SSSR count). The summed E-state index contributed by atoms with van der Waals surface area (Å²) in [6, 6.07) is 5.21. The molecule has 0 saturated heterocycles. The number of nitrogen functional groups attached to an aromatic ring is 1. The molecule has 4 nitrogen and oxygen atoms in total. The van der Waals surface area contributed by atoms with Crippen molar-refractivity contribution in [2.75, 3.05) is 17.7 Å². The molecule has 0 amide bonds. The molecule has 0 aliphatic heterocycles. The topological polar surface area (TPSA) is 64.3 Å². The Labute approximate surface area is 120 Å². The lowest BCUT2D eigenvalue weighted by Crippen LogP contribution is -2.33. The van der Waals surface area contributed by atoms with E-state index in [4.69, 9.17) is 10.5 Å². The summed E-state index contributed by atoms with van der Waals surface area (Å²) in [4.78, 5) is 11.9. The van der Waals surface area contributed by atoms with Crippen LogP contribution in [0.5, 0.6) is 0 Å². The number of thiol groups is 1. The Kier molecular flexibility index (Phi) is 6.02. The van der Waals surface area contributed by atoms with Crippen LogP contribution in [0.3, 0.4) is 0 Å². The number of carbonyl (C=O) groups is 1. The first-order valence-corrected chi connectivity index (χ1v) is 6.93. The molecule has 0 spiro atoms. The van der Waals surface area contributed by atoms with Gasteiger partial charge < -0.3 is 15.8 Å². The summed E-state index contributed by atoms with van der Waals surface area (Å²) in [6.07, 6.45) is 0.603. The number of hydrogen-bond acceptors (Lipinski definition) is 5. The van der Waals surface area contributed by atoms with E-state index in [0.29, 0.717) is 13.0 Å². The van der Waals surface area contributed by atoms with Gasteiger partial charge in [-0.1, -0.05) is 6.92 Å². The van der Waals surface area contributed by atoms with Gasteiger partial charge in [-0.05, 0) is 44.0 Å². The fraction of sp³-hybridized carbons (Fsp3) is 0.500. The Morgan fingerprint density at radius 2 is 2.21 bits per heavy atom. The zero-order valence-electron chi connectivity index (χ0n) is 11.6. The fourth-order valence-corrected chi connectivity index (χ4v) is 1.98. The van der Waals surface area contributed by atoms with E-state index < -0.39 is 6.04 Å². The van der Waals surface area contributed by atoms with Crippen molar-refractivity contribution in [3.05, 3.63) is 23.8 Å². The van der Waals surface area contributed by atoms with Crippen molar-refractivity contribution in [1.29, 1.82) is 0 Å². The highest BCUT2D eigenvalue weighted by Crippen LogP contribution is 2.19. The zero-order valence-corrected chi connectivity index (χ0v) is 12.5. The van der Waals surface area contributed by atoms with Crippen LogP contribution in [-0.2, 0) is 9.53 Å². The van der Waals surface area contributed by atoms with Gasteiger partial charge in [0.15, 0.2) is 0 Å². The second kappa shape index (κ2) is 7.28. The average Bonchev–Trinajstić information content (AvgIpc) is 2.33. The van der Waals surface area contributed by atoms with E-state index in [-0.39, 0.29) is 11.2 Å². The van der Waals surface area contributed by atoms with Gasteiger partial charge in [-0.3, -0.25) is 0 Å². The Balaban J connectivity index is 2.80. The summed E-state index contributed by atoms with van der Waals surface area (Å²) in [5.74, 6) is -0.252. The van der Waals surface area contributed by atoms with E-state index in [1.807, 2.05) is 32.0 Å². The highest BCUT2D eigenvalue weighted by Gasteiger charge is 2.21. The molecule has 0 heterocycles. The summed E-state index contributed by atoms with van der Waals surface area (Å²) < 4.78 is 5.07. The van der Waals surface area contributed by atoms with Crippen molar-refractivity contribution >= 4 is 30.0 Å². The number of rotatable bonds is 6. The minimum absolute atomic E-state index is 0.108. The largest absolute Gasteiger partial charge is 0.464 e. The van der Waals surface area contributed by atoms with Crippen LogP contribution >= 0.6 is 12.6 Å². The lowest BCUT2D eigenvalue weighted by Gasteiger charge is -2.20. The van der Waals surface area contributed by atoms with Crippen LogP contribution in [-0.4, -0.2) is 23.9 Å². The van der Waals surface area contributed by atoms with E-state index in [2.05, 4.69) is 17.9 Å². The Morgan fingerprint density at radius 3 is 2.74 bits per heavy atom. The van der Waals surface area contributed by atoms with Crippen molar-refractivity contribution in [2.24, 2.45) is 0 Å². The van der Waals surface area contributed by atoms with Crippen LogP contribution in [0, 0.1) is 6.92 Å². The minimum Gasteiger partial charge on any atom is -0.464 e. The van der Waals surface area contributed by atoms with Crippen molar-refractivity contribution in [1.82, 2.24) is 0 Å². The molecule has 0 aromatic heterocycles.